The summed E-state index contributed by atoms with van der Waals surface area (Å²) in [5, 5.41) is 2.79. The first-order valence-electron chi connectivity index (χ1n) is 6.53. The van der Waals surface area contributed by atoms with E-state index in [1.165, 1.54) is 0 Å². The van der Waals surface area contributed by atoms with Crippen molar-refractivity contribution in [1.29, 1.82) is 0 Å². The van der Waals surface area contributed by atoms with Crippen molar-refractivity contribution in [3.63, 3.8) is 0 Å². The van der Waals surface area contributed by atoms with Gasteiger partial charge in [0.2, 0.25) is 11.8 Å². The van der Waals surface area contributed by atoms with Crippen LogP contribution in [-0.4, -0.2) is 55.6 Å². The highest BCUT2D eigenvalue weighted by Crippen LogP contribution is 2.20. The van der Waals surface area contributed by atoms with Gasteiger partial charge in [-0.2, -0.15) is 0 Å². The average molecular weight is 272 g/mol. The van der Waals surface area contributed by atoms with Gasteiger partial charge in [0.05, 0.1) is 18.6 Å². The van der Waals surface area contributed by atoms with Crippen LogP contribution in [0.1, 0.15) is 20.8 Å². The number of morpholine rings is 1. The van der Waals surface area contributed by atoms with Crippen LogP contribution in [0.5, 0.6) is 0 Å². The van der Waals surface area contributed by atoms with Crippen LogP contribution < -0.4 is 16.6 Å². The fourth-order valence-electron chi connectivity index (χ4n) is 2.14. The average Bonchev–Trinajstić information content (AvgIpc) is 2.38. The molecule has 0 bridgehead atoms. The minimum Gasteiger partial charge on any atom is -0.378 e. The molecule has 0 saturated carbocycles. The zero-order valence-electron chi connectivity index (χ0n) is 11.9. The van der Waals surface area contributed by atoms with E-state index >= 15 is 0 Å². The molecule has 4 N–H and O–H groups in total. The predicted octanol–water partition coefficient (Wildman–Crippen LogP) is -1.16. The van der Waals surface area contributed by atoms with Gasteiger partial charge in [-0.05, 0) is 20.8 Å². The molecule has 1 aliphatic heterocycles. The Hall–Kier alpha value is -1.18. The SMILES string of the molecule is CCNC(=O)C1COCCN1CC(C)(C)C(=O)NN. The summed E-state index contributed by atoms with van der Waals surface area (Å²) in [5.41, 5.74) is 1.51. The maximum atomic E-state index is 12.0. The molecular formula is C12H24N4O3. The van der Waals surface area contributed by atoms with Crippen LogP contribution in [0.2, 0.25) is 0 Å². The summed E-state index contributed by atoms with van der Waals surface area (Å²) in [7, 11) is 0. The van der Waals surface area contributed by atoms with Gasteiger partial charge in [0.15, 0.2) is 0 Å². The summed E-state index contributed by atoms with van der Waals surface area (Å²) < 4.78 is 5.35. The number of hydrogen-bond acceptors (Lipinski definition) is 5. The maximum Gasteiger partial charge on any atom is 0.240 e. The molecule has 0 aromatic heterocycles. The van der Waals surface area contributed by atoms with E-state index in [1.54, 1.807) is 13.8 Å². The maximum absolute atomic E-state index is 12.0. The Bertz CT molecular complexity index is 333. The molecule has 0 spiro atoms. The summed E-state index contributed by atoms with van der Waals surface area (Å²) in [6, 6.07) is -0.349. The molecule has 2 amide bonds. The smallest absolute Gasteiger partial charge is 0.240 e. The summed E-state index contributed by atoms with van der Waals surface area (Å²) in [6.45, 7) is 8.07. The number of rotatable bonds is 5. The monoisotopic (exact) mass is 272 g/mol. The van der Waals surface area contributed by atoms with E-state index in [0.29, 0.717) is 32.8 Å². The second-order valence-corrected chi connectivity index (χ2v) is 5.31. The third-order valence-electron chi connectivity index (χ3n) is 3.24. The van der Waals surface area contributed by atoms with Crippen molar-refractivity contribution in [1.82, 2.24) is 15.6 Å². The van der Waals surface area contributed by atoms with Crippen LogP contribution in [-0.2, 0) is 14.3 Å². The Labute approximate surface area is 113 Å². The van der Waals surface area contributed by atoms with Crippen molar-refractivity contribution in [3.8, 4) is 0 Å². The molecular weight excluding hydrogens is 248 g/mol. The first kappa shape index (κ1) is 15.9. The van der Waals surface area contributed by atoms with E-state index in [9.17, 15) is 9.59 Å². The highest BCUT2D eigenvalue weighted by atomic mass is 16.5. The minimum absolute atomic E-state index is 0.0637. The lowest BCUT2D eigenvalue weighted by atomic mass is 9.91. The number of amides is 2. The van der Waals surface area contributed by atoms with E-state index in [4.69, 9.17) is 10.6 Å². The van der Waals surface area contributed by atoms with Crippen molar-refractivity contribution in [2.45, 2.75) is 26.8 Å². The van der Waals surface area contributed by atoms with Crippen LogP contribution in [0, 0.1) is 5.41 Å². The molecule has 1 heterocycles. The first-order valence-corrected chi connectivity index (χ1v) is 6.53. The molecule has 7 nitrogen and oxygen atoms in total. The number of hydrogen-bond donors (Lipinski definition) is 3. The molecule has 0 aliphatic carbocycles. The van der Waals surface area contributed by atoms with E-state index in [2.05, 4.69) is 10.7 Å². The fourth-order valence-corrected chi connectivity index (χ4v) is 2.14. The lowest BCUT2D eigenvalue weighted by Gasteiger charge is -2.38. The zero-order chi connectivity index (χ0) is 14.5. The second-order valence-electron chi connectivity index (χ2n) is 5.31. The molecule has 110 valence electrons. The lowest BCUT2D eigenvalue weighted by molar-refractivity contribution is -0.138. The molecule has 7 heteroatoms. The van der Waals surface area contributed by atoms with Gasteiger partial charge in [0.25, 0.3) is 0 Å². The molecule has 1 saturated heterocycles. The largest absolute Gasteiger partial charge is 0.378 e. The van der Waals surface area contributed by atoms with Gasteiger partial charge in [-0.3, -0.25) is 19.9 Å². The fraction of sp³-hybridized carbons (Fsp3) is 0.833. The summed E-state index contributed by atoms with van der Waals surface area (Å²) in [4.78, 5) is 25.7. The Morgan fingerprint density at radius 3 is 2.74 bits per heavy atom. The number of carbonyl (C=O) groups excluding carboxylic acids is 2. The molecule has 1 rings (SSSR count). The number of nitrogens with zero attached hydrogens (tertiary/aromatic N) is 1. The highest BCUT2D eigenvalue weighted by Gasteiger charge is 2.36. The second kappa shape index (κ2) is 6.83. The molecule has 0 aromatic carbocycles. The first-order chi connectivity index (χ1) is 8.92. The predicted molar refractivity (Wildman–Crippen MR) is 71.0 cm³/mol. The molecule has 1 fully saturated rings. The molecule has 1 atom stereocenters. The van der Waals surface area contributed by atoms with Gasteiger partial charge >= 0.3 is 0 Å². The van der Waals surface area contributed by atoms with Gasteiger partial charge < -0.3 is 10.1 Å². The van der Waals surface area contributed by atoms with Gasteiger partial charge in [0.1, 0.15) is 6.04 Å². The van der Waals surface area contributed by atoms with E-state index in [1.807, 2.05) is 11.8 Å². The van der Waals surface area contributed by atoms with Crippen molar-refractivity contribution in [2.24, 2.45) is 11.3 Å². The van der Waals surface area contributed by atoms with Crippen molar-refractivity contribution < 1.29 is 14.3 Å². The van der Waals surface area contributed by atoms with Crippen LogP contribution >= 0.6 is 0 Å². The van der Waals surface area contributed by atoms with Crippen LogP contribution in [0.3, 0.4) is 0 Å². The van der Waals surface area contributed by atoms with Crippen LogP contribution in [0.4, 0.5) is 0 Å². The minimum atomic E-state index is -0.656. The highest BCUT2D eigenvalue weighted by molar-refractivity contribution is 5.83. The van der Waals surface area contributed by atoms with Crippen LogP contribution in [0.15, 0.2) is 0 Å². The third kappa shape index (κ3) is 4.15. The number of carbonyl (C=O) groups is 2. The van der Waals surface area contributed by atoms with Gasteiger partial charge in [0, 0.05) is 19.6 Å². The van der Waals surface area contributed by atoms with Crippen LogP contribution in [0.25, 0.3) is 0 Å². The van der Waals surface area contributed by atoms with E-state index in [-0.39, 0.29) is 17.9 Å². The molecule has 0 radical (unpaired) electrons. The van der Waals surface area contributed by atoms with Crippen molar-refractivity contribution in [3.05, 3.63) is 0 Å². The lowest BCUT2D eigenvalue weighted by Crippen LogP contribution is -2.58. The number of ether oxygens (including phenoxy) is 1. The molecule has 1 unspecified atom stereocenters. The summed E-state index contributed by atoms with van der Waals surface area (Å²) in [6.07, 6.45) is 0. The quantitative estimate of drug-likeness (QED) is 0.333. The Morgan fingerprint density at radius 2 is 2.16 bits per heavy atom. The Kier molecular flexibility index (Phi) is 5.71. The van der Waals surface area contributed by atoms with Crippen molar-refractivity contribution >= 4 is 11.8 Å². The molecule has 0 aromatic rings. The van der Waals surface area contributed by atoms with Gasteiger partial charge in [-0.1, -0.05) is 0 Å². The summed E-state index contributed by atoms with van der Waals surface area (Å²) >= 11 is 0. The molecule has 19 heavy (non-hydrogen) atoms. The Morgan fingerprint density at radius 1 is 1.47 bits per heavy atom. The Balaban J connectivity index is 2.72. The number of hydrazine groups is 1. The van der Waals surface area contributed by atoms with Gasteiger partial charge in [-0.15, -0.1) is 0 Å². The van der Waals surface area contributed by atoms with Crippen molar-refractivity contribution in [2.75, 3.05) is 32.8 Å². The molecule has 1 aliphatic rings. The summed E-state index contributed by atoms with van der Waals surface area (Å²) in [5.74, 6) is 4.88. The number of nitrogens with one attached hydrogen (secondary N) is 2. The standard InChI is InChI=1S/C12H24N4O3/c1-4-14-10(17)9-7-19-6-5-16(9)8-12(2,3)11(18)15-13/h9H,4-8,13H2,1-3H3,(H,14,17)(H,15,18). The van der Waals surface area contributed by atoms with E-state index in [0.717, 1.165) is 0 Å². The van der Waals surface area contributed by atoms with E-state index < -0.39 is 5.41 Å². The number of likely N-dealkylation sites (N-methyl/N-ethyl adjacent to an activating group) is 1. The normalized spacial score (nSPS) is 20.9. The topological polar surface area (TPSA) is 96.7 Å². The third-order valence-corrected chi connectivity index (χ3v) is 3.24. The van der Waals surface area contributed by atoms with Gasteiger partial charge in [-0.25, -0.2) is 5.84 Å². The number of nitrogens with two attached hydrogens (primary N) is 1. The zero-order valence-corrected chi connectivity index (χ0v) is 11.9.